The van der Waals surface area contributed by atoms with Crippen molar-refractivity contribution in [2.24, 2.45) is 0 Å². The maximum absolute atomic E-state index is 6.21. The average molecular weight is 816 g/mol. The fourth-order valence-corrected chi connectivity index (χ4v) is 10.6. The molecule has 4 aromatic heterocycles. The SMILES string of the molecule is c1ccc(-c2ccc(-n3c4ccccc4c4ccc5c(c6ccccc6n5-c5ccc6c(c5)c5cc(-c7ccc8oc9ccccc9c8c7)ccc5n6-c5ccccc5)c43)cc2)cc1. The molecule has 0 aliphatic heterocycles. The van der Waals surface area contributed by atoms with Gasteiger partial charge in [-0.15, -0.1) is 0 Å². The zero-order valence-electron chi connectivity index (χ0n) is 34.6. The highest BCUT2D eigenvalue weighted by Gasteiger charge is 2.22. The molecule has 0 bridgehead atoms. The summed E-state index contributed by atoms with van der Waals surface area (Å²) in [5.41, 5.74) is 17.1. The van der Waals surface area contributed by atoms with Crippen LogP contribution in [0.25, 0.3) is 127 Å². The van der Waals surface area contributed by atoms with E-state index in [9.17, 15) is 0 Å². The molecular formula is C60H37N3O. The maximum atomic E-state index is 6.21. The zero-order chi connectivity index (χ0) is 41.9. The lowest BCUT2D eigenvalue weighted by Crippen LogP contribution is -1.96. The third kappa shape index (κ3) is 5.05. The van der Waals surface area contributed by atoms with E-state index in [-0.39, 0.29) is 0 Å². The summed E-state index contributed by atoms with van der Waals surface area (Å²) in [6, 6.07) is 81.6. The van der Waals surface area contributed by atoms with Crippen LogP contribution in [-0.2, 0) is 0 Å². The Bertz CT molecular complexity index is 4170. The molecule has 0 atom stereocenters. The predicted molar refractivity (Wildman–Crippen MR) is 268 cm³/mol. The minimum atomic E-state index is 0.904. The van der Waals surface area contributed by atoms with Crippen LogP contribution in [0.1, 0.15) is 0 Å². The summed E-state index contributed by atoms with van der Waals surface area (Å²) in [4.78, 5) is 0. The number of fused-ring (bicyclic) bond motifs is 13. The van der Waals surface area contributed by atoms with Gasteiger partial charge >= 0.3 is 0 Å². The van der Waals surface area contributed by atoms with Gasteiger partial charge in [-0.3, -0.25) is 0 Å². The van der Waals surface area contributed by atoms with Gasteiger partial charge in [0.15, 0.2) is 0 Å². The standard InChI is InChI=1S/C60H37N3O/c1-3-13-38(14-4-1)39-23-27-43(28-24-39)63-52-20-10-7-17-45(52)47-30-33-56-59(60(47)63)48-19-8-11-21-53(48)62(56)44-29-32-55-50(37-44)49-35-40(25-31-54(49)61(55)42-15-5-2-6-16-42)41-26-34-58-51(36-41)46-18-9-12-22-57(46)64-58/h1-37H. The number of furan rings is 1. The van der Waals surface area contributed by atoms with Gasteiger partial charge in [-0.1, -0.05) is 133 Å². The highest BCUT2D eigenvalue weighted by molar-refractivity contribution is 6.26. The first-order valence-corrected chi connectivity index (χ1v) is 21.9. The Balaban J connectivity index is 1.01. The molecule has 0 fully saturated rings. The average Bonchev–Trinajstić information content (AvgIpc) is 4.10. The van der Waals surface area contributed by atoms with Crippen LogP contribution in [0.15, 0.2) is 229 Å². The van der Waals surface area contributed by atoms with Crippen molar-refractivity contribution < 1.29 is 4.42 Å². The maximum Gasteiger partial charge on any atom is 0.135 e. The Morgan fingerprint density at radius 3 is 1.55 bits per heavy atom. The molecule has 4 nitrogen and oxygen atoms in total. The van der Waals surface area contributed by atoms with Crippen molar-refractivity contribution in [2.75, 3.05) is 0 Å². The molecular weight excluding hydrogens is 779 g/mol. The molecule has 0 amide bonds. The van der Waals surface area contributed by atoms with Crippen molar-refractivity contribution in [2.45, 2.75) is 0 Å². The molecule has 298 valence electrons. The Hall–Kier alpha value is -8.60. The van der Waals surface area contributed by atoms with Gasteiger partial charge in [0, 0.05) is 60.2 Å². The molecule has 4 heterocycles. The minimum absolute atomic E-state index is 0.904. The molecule has 0 spiro atoms. The van der Waals surface area contributed by atoms with E-state index in [1.54, 1.807) is 0 Å². The van der Waals surface area contributed by atoms with Crippen LogP contribution in [0.2, 0.25) is 0 Å². The van der Waals surface area contributed by atoms with Crippen LogP contribution < -0.4 is 0 Å². The van der Waals surface area contributed by atoms with Crippen molar-refractivity contribution in [1.29, 1.82) is 0 Å². The van der Waals surface area contributed by atoms with Gasteiger partial charge in [-0.2, -0.15) is 0 Å². The van der Waals surface area contributed by atoms with Gasteiger partial charge in [0.25, 0.3) is 0 Å². The smallest absolute Gasteiger partial charge is 0.135 e. The van der Waals surface area contributed by atoms with Crippen molar-refractivity contribution in [3.63, 3.8) is 0 Å². The van der Waals surface area contributed by atoms with Crippen LogP contribution in [0.4, 0.5) is 0 Å². The molecule has 0 aliphatic rings. The summed E-state index contributed by atoms with van der Waals surface area (Å²) in [6.07, 6.45) is 0. The third-order valence-corrected chi connectivity index (χ3v) is 13.4. The summed E-state index contributed by atoms with van der Waals surface area (Å²) in [5.74, 6) is 0. The van der Waals surface area contributed by atoms with E-state index >= 15 is 0 Å². The molecule has 0 unspecified atom stereocenters. The van der Waals surface area contributed by atoms with Crippen molar-refractivity contribution in [3.8, 4) is 39.3 Å². The lowest BCUT2D eigenvalue weighted by Gasteiger charge is -2.11. The molecule has 14 aromatic rings. The molecule has 0 radical (unpaired) electrons. The van der Waals surface area contributed by atoms with E-state index in [1.165, 1.54) is 82.1 Å². The van der Waals surface area contributed by atoms with Gasteiger partial charge in [0.1, 0.15) is 11.2 Å². The predicted octanol–water partition coefficient (Wildman–Crippen LogP) is 16.2. The van der Waals surface area contributed by atoms with E-state index in [0.717, 1.165) is 44.6 Å². The minimum Gasteiger partial charge on any atom is -0.456 e. The zero-order valence-corrected chi connectivity index (χ0v) is 34.6. The number of hydrogen-bond acceptors (Lipinski definition) is 1. The second-order valence-corrected chi connectivity index (χ2v) is 16.9. The van der Waals surface area contributed by atoms with Crippen molar-refractivity contribution in [3.05, 3.63) is 224 Å². The molecule has 14 rings (SSSR count). The molecule has 0 saturated heterocycles. The molecule has 0 saturated carbocycles. The lowest BCUT2D eigenvalue weighted by atomic mass is 10.0. The second-order valence-electron chi connectivity index (χ2n) is 16.9. The summed E-state index contributed by atoms with van der Waals surface area (Å²) in [7, 11) is 0. The molecule has 64 heavy (non-hydrogen) atoms. The van der Waals surface area contributed by atoms with Gasteiger partial charge < -0.3 is 18.1 Å². The summed E-state index contributed by atoms with van der Waals surface area (Å²) in [5, 5.41) is 9.63. The third-order valence-electron chi connectivity index (χ3n) is 13.4. The number of hydrogen-bond donors (Lipinski definition) is 0. The highest BCUT2D eigenvalue weighted by atomic mass is 16.3. The number of benzene rings is 10. The first-order chi connectivity index (χ1) is 31.7. The van der Waals surface area contributed by atoms with E-state index in [0.29, 0.717) is 0 Å². The number of rotatable bonds is 5. The van der Waals surface area contributed by atoms with Crippen LogP contribution in [0, 0.1) is 0 Å². The fraction of sp³-hybridized carbons (Fsp3) is 0. The quantitative estimate of drug-likeness (QED) is 0.170. The van der Waals surface area contributed by atoms with Gasteiger partial charge in [-0.05, 0) is 113 Å². The molecule has 10 aromatic carbocycles. The monoisotopic (exact) mass is 815 g/mol. The summed E-state index contributed by atoms with van der Waals surface area (Å²) >= 11 is 0. The van der Waals surface area contributed by atoms with Crippen LogP contribution >= 0.6 is 0 Å². The van der Waals surface area contributed by atoms with Gasteiger partial charge in [0.05, 0.1) is 33.1 Å². The number of aromatic nitrogens is 3. The van der Waals surface area contributed by atoms with E-state index < -0.39 is 0 Å². The second kappa shape index (κ2) is 13.4. The Morgan fingerprint density at radius 1 is 0.250 bits per heavy atom. The normalized spacial score (nSPS) is 12.1. The first kappa shape index (κ1) is 35.0. The summed E-state index contributed by atoms with van der Waals surface area (Å²) < 4.78 is 13.6. The van der Waals surface area contributed by atoms with E-state index in [4.69, 9.17) is 4.42 Å². The number of nitrogens with zero attached hydrogens (tertiary/aromatic N) is 3. The molecule has 4 heteroatoms. The highest BCUT2D eigenvalue weighted by Crippen LogP contribution is 2.44. The van der Waals surface area contributed by atoms with Crippen LogP contribution in [-0.4, -0.2) is 13.7 Å². The van der Waals surface area contributed by atoms with Gasteiger partial charge in [-0.25, -0.2) is 0 Å². The topological polar surface area (TPSA) is 27.9 Å². The first-order valence-electron chi connectivity index (χ1n) is 21.9. The fourth-order valence-electron chi connectivity index (χ4n) is 10.6. The number of para-hydroxylation sites is 4. The summed E-state index contributed by atoms with van der Waals surface area (Å²) in [6.45, 7) is 0. The van der Waals surface area contributed by atoms with E-state index in [1.807, 2.05) is 12.1 Å². The Kier molecular flexibility index (Phi) is 7.36. The molecule has 0 N–H and O–H groups in total. The van der Waals surface area contributed by atoms with Crippen LogP contribution in [0.3, 0.4) is 0 Å². The Labute approximate surface area is 367 Å². The Morgan fingerprint density at radius 2 is 0.750 bits per heavy atom. The largest absolute Gasteiger partial charge is 0.456 e. The van der Waals surface area contributed by atoms with Crippen LogP contribution in [0.5, 0.6) is 0 Å². The van der Waals surface area contributed by atoms with E-state index in [2.05, 4.69) is 226 Å². The van der Waals surface area contributed by atoms with Crippen molar-refractivity contribution in [1.82, 2.24) is 13.7 Å². The van der Waals surface area contributed by atoms with Crippen molar-refractivity contribution >= 4 is 87.4 Å². The lowest BCUT2D eigenvalue weighted by molar-refractivity contribution is 0.669. The van der Waals surface area contributed by atoms with Gasteiger partial charge in [0.2, 0.25) is 0 Å². The molecule has 0 aliphatic carbocycles.